The quantitative estimate of drug-likeness (QED) is 0.708. The summed E-state index contributed by atoms with van der Waals surface area (Å²) in [5.41, 5.74) is 5.39. The van der Waals surface area contributed by atoms with Gasteiger partial charge in [0.05, 0.1) is 6.10 Å². The van der Waals surface area contributed by atoms with E-state index in [0.717, 1.165) is 5.03 Å². The van der Waals surface area contributed by atoms with Crippen molar-refractivity contribution in [2.24, 2.45) is 0 Å². The van der Waals surface area contributed by atoms with Crippen molar-refractivity contribution in [3.8, 4) is 0 Å². The number of thioether (sulfide) groups is 1. The maximum absolute atomic E-state index is 9.24. The lowest BCUT2D eigenvalue weighted by atomic mass is 10.3. The van der Waals surface area contributed by atoms with Crippen molar-refractivity contribution in [1.82, 2.24) is 10.2 Å². The predicted octanol–water partition coefficient (Wildman–Crippen LogP) is 0.920. The maximum atomic E-state index is 9.24. The van der Waals surface area contributed by atoms with E-state index >= 15 is 0 Å². The van der Waals surface area contributed by atoms with Crippen LogP contribution in [0, 0.1) is 0 Å². The summed E-state index contributed by atoms with van der Waals surface area (Å²) in [5.74, 6) is 0.411. The van der Waals surface area contributed by atoms with Crippen LogP contribution in [-0.2, 0) is 0 Å². The van der Waals surface area contributed by atoms with Gasteiger partial charge in [-0.15, -0.1) is 10.2 Å². The molecule has 0 spiro atoms. The van der Waals surface area contributed by atoms with E-state index < -0.39 is 0 Å². The van der Waals surface area contributed by atoms with Gasteiger partial charge in [0.2, 0.25) is 0 Å². The molecule has 0 bridgehead atoms. The summed E-state index contributed by atoms with van der Waals surface area (Å²) >= 11 is 1.48. The van der Waals surface area contributed by atoms with E-state index in [9.17, 15) is 5.11 Å². The van der Waals surface area contributed by atoms with Crippen molar-refractivity contribution in [3.05, 3.63) is 12.1 Å². The summed E-state index contributed by atoms with van der Waals surface area (Å²) in [5, 5.41) is 17.7. The van der Waals surface area contributed by atoms with Crippen LogP contribution in [0.5, 0.6) is 0 Å². The number of nitrogen functional groups attached to an aromatic ring is 1. The molecule has 1 aromatic rings. The Morgan fingerprint density at radius 1 is 1.38 bits per heavy atom. The molecular formula is C8H13N3OS. The van der Waals surface area contributed by atoms with E-state index in [1.807, 2.05) is 6.92 Å². The Kier molecular flexibility index (Phi) is 3.50. The molecule has 5 heteroatoms. The minimum absolute atomic E-state index is 0.109. The fourth-order valence-electron chi connectivity index (χ4n) is 0.682. The van der Waals surface area contributed by atoms with E-state index in [-0.39, 0.29) is 11.4 Å². The van der Waals surface area contributed by atoms with Gasteiger partial charge in [0.1, 0.15) is 10.8 Å². The molecule has 0 radical (unpaired) electrons. The largest absolute Gasteiger partial charge is 0.392 e. The number of aromatic nitrogens is 2. The van der Waals surface area contributed by atoms with Gasteiger partial charge >= 0.3 is 0 Å². The van der Waals surface area contributed by atoms with E-state index in [2.05, 4.69) is 10.2 Å². The molecule has 72 valence electrons. The molecule has 0 aliphatic rings. The molecule has 0 saturated heterocycles. The van der Waals surface area contributed by atoms with Crippen LogP contribution in [0.25, 0.3) is 0 Å². The Labute approximate surface area is 81.6 Å². The van der Waals surface area contributed by atoms with Crippen molar-refractivity contribution in [2.75, 3.05) is 5.73 Å². The molecule has 0 fully saturated rings. The van der Waals surface area contributed by atoms with Crippen LogP contribution in [0.15, 0.2) is 17.2 Å². The van der Waals surface area contributed by atoms with Gasteiger partial charge in [-0.3, -0.25) is 0 Å². The summed E-state index contributed by atoms with van der Waals surface area (Å²) in [6.45, 7) is 3.69. The van der Waals surface area contributed by atoms with Crippen molar-refractivity contribution in [3.63, 3.8) is 0 Å². The lowest BCUT2D eigenvalue weighted by Gasteiger charge is -2.12. The predicted molar refractivity (Wildman–Crippen MR) is 53.4 cm³/mol. The second kappa shape index (κ2) is 4.43. The number of nitrogens with zero attached hydrogens (tertiary/aromatic N) is 2. The highest BCUT2D eigenvalue weighted by atomic mass is 32.2. The average Bonchev–Trinajstić information content (AvgIpc) is 2.08. The smallest absolute Gasteiger partial charge is 0.146 e. The topological polar surface area (TPSA) is 72.0 Å². The highest BCUT2D eigenvalue weighted by molar-refractivity contribution is 7.99. The number of hydrogen-bond donors (Lipinski definition) is 2. The zero-order valence-corrected chi connectivity index (χ0v) is 8.45. The fraction of sp³-hybridized carbons (Fsp3) is 0.500. The van der Waals surface area contributed by atoms with Gasteiger partial charge in [0.15, 0.2) is 0 Å². The van der Waals surface area contributed by atoms with Gasteiger partial charge in [-0.05, 0) is 19.1 Å². The molecule has 1 rings (SSSR count). The molecule has 0 saturated carbocycles. The molecule has 1 aromatic heterocycles. The highest BCUT2D eigenvalue weighted by Gasteiger charge is 2.10. The third-order valence-corrected chi connectivity index (χ3v) is 2.87. The zero-order valence-electron chi connectivity index (χ0n) is 7.64. The number of aliphatic hydroxyl groups excluding tert-OH is 1. The molecule has 0 aromatic carbocycles. The van der Waals surface area contributed by atoms with E-state index in [0.29, 0.717) is 5.82 Å². The molecule has 0 amide bonds. The number of rotatable bonds is 3. The maximum Gasteiger partial charge on any atom is 0.146 e. The van der Waals surface area contributed by atoms with Gasteiger partial charge in [0, 0.05) is 5.25 Å². The fourth-order valence-corrected chi connectivity index (χ4v) is 1.49. The third-order valence-electron chi connectivity index (χ3n) is 1.65. The van der Waals surface area contributed by atoms with Crippen LogP contribution in [0.2, 0.25) is 0 Å². The average molecular weight is 199 g/mol. The number of aliphatic hydroxyl groups is 1. The summed E-state index contributed by atoms with van der Waals surface area (Å²) in [7, 11) is 0. The molecule has 0 aliphatic carbocycles. The van der Waals surface area contributed by atoms with E-state index in [1.165, 1.54) is 11.8 Å². The Morgan fingerprint density at radius 2 is 2.08 bits per heavy atom. The lowest BCUT2D eigenvalue weighted by Crippen LogP contribution is -2.15. The van der Waals surface area contributed by atoms with Crippen LogP contribution < -0.4 is 5.73 Å². The van der Waals surface area contributed by atoms with Crippen LogP contribution in [0.1, 0.15) is 13.8 Å². The molecular weight excluding hydrogens is 186 g/mol. The Bertz CT molecular complexity index is 263. The molecule has 0 aliphatic heterocycles. The Balaban J connectivity index is 2.59. The van der Waals surface area contributed by atoms with Crippen molar-refractivity contribution < 1.29 is 5.11 Å². The molecule has 13 heavy (non-hydrogen) atoms. The van der Waals surface area contributed by atoms with Crippen LogP contribution in [0.4, 0.5) is 5.82 Å². The molecule has 1 heterocycles. The lowest BCUT2D eigenvalue weighted by molar-refractivity contribution is 0.196. The highest BCUT2D eigenvalue weighted by Crippen LogP contribution is 2.22. The molecule has 4 nitrogen and oxygen atoms in total. The first-order chi connectivity index (χ1) is 6.09. The third kappa shape index (κ3) is 3.20. The Morgan fingerprint density at radius 3 is 2.54 bits per heavy atom. The van der Waals surface area contributed by atoms with Crippen molar-refractivity contribution in [1.29, 1.82) is 0 Å². The normalized spacial score (nSPS) is 15.3. The zero-order chi connectivity index (χ0) is 9.84. The summed E-state index contributed by atoms with van der Waals surface area (Å²) in [6.07, 6.45) is -0.357. The van der Waals surface area contributed by atoms with Gasteiger partial charge in [-0.2, -0.15) is 0 Å². The minimum Gasteiger partial charge on any atom is -0.392 e. The van der Waals surface area contributed by atoms with Gasteiger partial charge in [-0.25, -0.2) is 0 Å². The van der Waals surface area contributed by atoms with E-state index in [4.69, 9.17) is 5.73 Å². The summed E-state index contributed by atoms with van der Waals surface area (Å²) in [4.78, 5) is 0. The molecule has 3 N–H and O–H groups in total. The SMILES string of the molecule is CC(O)C(C)Sc1ccc(N)nn1. The Hall–Kier alpha value is -0.810. The van der Waals surface area contributed by atoms with Crippen LogP contribution >= 0.6 is 11.8 Å². The van der Waals surface area contributed by atoms with Crippen LogP contribution in [0.3, 0.4) is 0 Å². The molecule has 2 atom stereocenters. The standard InChI is InChI=1S/C8H13N3OS/c1-5(12)6(2)13-8-4-3-7(9)10-11-8/h3-6,12H,1-2H3,(H2,9,10). The van der Waals surface area contributed by atoms with Gasteiger partial charge in [-0.1, -0.05) is 18.7 Å². The monoisotopic (exact) mass is 199 g/mol. The first kappa shape index (κ1) is 10.3. The minimum atomic E-state index is -0.357. The van der Waals surface area contributed by atoms with E-state index in [1.54, 1.807) is 19.1 Å². The molecule has 2 unspecified atom stereocenters. The first-order valence-electron chi connectivity index (χ1n) is 4.03. The second-order valence-electron chi connectivity index (χ2n) is 2.86. The second-order valence-corrected chi connectivity index (χ2v) is 4.26. The summed E-state index contributed by atoms with van der Waals surface area (Å²) in [6, 6.07) is 3.50. The number of nitrogens with two attached hydrogens (primary N) is 1. The number of anilines is 1. The number of hydrogen-bond acceptors (Lipinski definition) is 5. The van der Waals surface area contributed by atoms with Crippen molar-refractivity contribution >= 4 is 17.6 Å². The first-order valence-corrected chi connectivity index (χ1v) is 4.91. The summed E-state index contributed by atoms with van der Waals surface area (Å²) < 4.78 is 0. The van der Waals surface area contributed by atoms with Gasteiger partial charge < -0.3 is 10.8 Å². The van der Waals surface area contributed by atoms with Gasteiger partial charge in [0.25, 0.3) is 0 Å². The van der Waals surface area contributed by atoms with Crippen LogP contribution in [-0.4, -0.2) is 26.7 Å². The van der Waals surface area contributed by atoms with Crippen molar-refractivity contribution in [2.45, 2.75) is 30.2 Å².